The highest BCUT2D eigenvalue weighted by Crippen LogP contribution is 2.42. The van der Waals surface area contributed by atoms with Crippen molar-refractivity contribution in [3.05, 3.63) is 102 Å². The zero-order valence-electron chi connectivity index (χ0n) is 15.8. The summed E-state index contributed by atoms with van der Waals surface area (Å²) in [5, 5.41) is 11.0. The lowest BCUT2D eigenvalue weighted by Gasteiger charge is -2.25. The summed E-state index contributed by atoms with van der Waals surface area (Å²) in [6.07, 6.45) is 0. The Morgan fingerprint density at radius 1 is 0.897 bits per heavy atom. The van der Waals surface area contributed by atoms with Crippen molar-refractivity contribution in [2.75, 3.05) is 12.0 Å². The lowest BCUT2D eigenvalue weighted by Crippen LogP contribution is -2.29. The quantitative estimate of drug-likeness (QED) is 0.413. The standard InChI is InChI=1S/C24H19NO4/c1-29-19-14-8-11-17(15-19)21-20(22(26)16-9-4-2-5-10-16)23(27)24(28)25(21)18-12-6-3-7-13-18/h2-15,21,26H,1H3. The molecule has 3 aromatic carbocycles. The zero-order chi connectivity index (χ0) is 20.4. The summed E-state index contributed by atoms with van der Waals surface area (Å²) < 4.78 is 5.32. The average molecular weight is 385 g/mol. The molecule has 0 aromatic heterocycles. The Kier molecular flexibility index (Phi) is 4.87. The number of rotatable bonds is 4. The van der Waals surface area contributed by atoms with Crippen molar-refractivity contribution in [3.8, 4) is 5.75 Å². The number of aliphatic hydroxyl groups is 1. The van der Waals surface area contributed by atoms with E-state index >= 15 is 0 Å². The smallest absolute Gasteiger partial charge is 0.300 e. The number of methoxy groups -OCH3 is 1. The minimum absolute atomic E-state index is 0.0540. The molecule has 1 heterocycles. The lowest BCUT2D eigenvalue weighted by atomic mass is 9.95. The molecule has 29 heavy (non-hydrogen) atoms. The number of aliphatic hydroxyl groups excluding tert-OH is 1. The molecule has 1 aliphatic heterocycles. The summed E-state index contributed by atoms with van der Waals surface area (Å²) in [7, 11) is 1.55. The number of benzene rings is 3. The zero-order valence-corrected chi connectivity index (χ0v) is 15.8. The Balaban J connectivity index is 1.96. The molecule has 0 spiro atoms. The van der Waals surface area contributed by atoms with Gasteiger partial charge in [-0.1, -0.05) is 60.7 Å². The van der Waals surface area contributed by atoms with E-state index < -0.39 is 17.7 Å². The summed E-state index contributed by atoms with van der Waals surface area (Å²) in [6.45, 7) is 0. The van der Waals surface area contributed by atoms with Crippen LogP contribution in [0.1, 0.15) is 17.2 Å². The Bertz CT molecular complexity index is 1090. The molecule has 0 bridgehead atoms. The number of para-hydroxylation sites is 1. The van der Waals surface area contributed by atoms with Gasteiger partial charge in [0.15, 0.2) is 0 Å². The maximum Gasteiger partial charge on any atom is 0.300 e. The summed E-state index contributed by atoms with van der Waals surface area (Å²) in [4.78, 5) is 27.4. The highest BCUT2D eigenvalue weighted by molar-refractivity contribution is 6.51. The van der Waals surface area contributed by atoms with Gasteiger partial charge in [0.2, 0.25) is 0 Å². The molecule has 1 fully saturated rings. The summed E-state index contributed by atoms with van der Waals surface area (Å²) in [5.41, 5.74) is 1.78. The van der Waals surface area contributed by atoms with Crippen LogP contribution in [0.4, 0.5) is 5.69 Å². The average Bonchev–Trinajstić information content (AvgIpc) is 3.05. The number of Topliss-reactive ketones (excluding diaryl/α,β-unsaturated/α-hetero) is 1. The van der Waals surface area contributed by atoms with Gasteiger partial charge in [0.25, 0.3) is 11.7 Å². The van der Waals surface area contributed by atoms with Crippen LogP contribution in [0.3, 0.4) is 0 Å². The van der Waals surface area contributed by atoms with E-state index in [-0.39, 0.29) is 11.3 Å². The Hall–Kier alpha value is -3.86. The molecule has 1 unspecified atom stereocenters. The van der Waals surface area contributed by atoms with Crippen molar-refractivity contribution in [3.63, 3.8) is 0 Å². The predicted molar refractivity (Wildman–Crippen MR) is 111 cm³/mol. The third kappa shape index (κ3) is 3.27. The first-order valence-corrected chi connectivity index (χ1v) is 9.17. The van der Waals surface area contributed by atoms with Crippen molar-refractivity contribution < 1.29 is 19.4 Å². The second kappa shape index (κ2) is 7.64. The minimum Gasteiger partial charge on any atom is -0.507 e. The van der Waals surface area contributed by atoms with Crippen LogP contribution in [0.15, 0.2) is 90.5 Å². The molecule has 1 atom stereocenters. The van der Waals surface area contributed by atoms with E-state index in [0.29, 0.717) is 22.6 Å². The van der Waals surface area contributed by atoms with Gasteiger partial charge < -0.3 is 9.84 Å². The van der Waals surface area contributed by atoms with Gasteiger partial charge in [-0.3, -0.25) is 14.5 Å². The second-order valence-electron chi connectivity index (χ2n) is 6.65. The number of nitrogens with zero attached hydrogens (tertiary/aromatic N) is 1. The molecule has 0 aliphatic carbocycles. The first-order chi connectivity index (χ1) is 14.1. The molecule has 3 aromatic rings. The molecule has 1 N–H and O–H groups in total. The molecule has 1 amide bonds. The fourth-order valence-corrected chi connectivity index (χ4v) is 3.57. The van der Waals surface area contributed by atoms with Crippen molar-refractivity contribution in [1.29, 1.82) is 0 Å². The molecule has 5 nitrogen and oxygen atoms in total. The number of hydrogen-bond acceptors (Lipinski definition) is 4. The monoisotopic (exact) mass is 385 g/mol. The maximum atomic E-state index is 13.0. The second-order valence-corrected chi connectivity index (χ2v) is 6.65. The maximum absolute atomic E-state index is 13.0. The normalized spacial score (nSPS) is 18.1. The van der Waals surface area contributed by atoms with Crippen LogP contribution >= 0.6 is 0 Å². The number of carbonyl (C=O) groups excluding carboxylic acids is 2. The molecule has 0 saturated carbocycles. The van der Waals surface area contributed by atoms with Gasteiger partial charge in [-0.05, 0) is 29.8 Å². The fraction of sp³-hybridized carbons (Fsp3) is 0.0833. The summed E-state index contributed by atoms with van der Waals surface area (Å²) >= 11 is 0. The van der Waals surface area contributed by atoms with Crippen molar-refractivity contribution in [1.82, 2.24) is 0 Å². The predicted octanol–water partition coefficient (Wildman–Crippen LogP) is 4.32. The molecule has 1 saturated heterocycles. The largest absolute Gasteiger partial charge is 0.507 e. The van der Waals surface area contributed by atoms with Gasteiger partial charge in [0.1, 0.15) is 11.5 Å². The summed E-state index contributed by atoms with van der Waals surface area (Å²) in [5.74, 6) is -0.999. The third-order valence-electron chi connectivity index (χ3n) is 4.94. The molecule has 0 radical (unpaired) electrons. The Labute approximate surface area is 168 Å². The van der Waals surface area contributed by atoms with E-state index in [0.717, 1.165) is 0 Å². The molecular weight excluding hydrogens is 366 g/mol. The first-order valence-electron chi connectivity index (χ1n) is 9.17. The van der Waals surface area contributed by atoms with Crippen LogP contribution in [0.25, 0.3) is 5.76 Å². The summed E-state index contributed by atoms with van der Waals surface area (Å²) in [6, 6.07) is 24.1. The SMILES string of the molecule is COc1cccc(C2C(=C(O)c3ccccc3)C(=O)C(=O)N2c2ccccc2)c1. The number of ether oxygens (including phenoxy) is 1. The van der Waals surface area contributed by atoms with Crippen molar-refractivity contribution in [2.45, 2.75) is 6.04 Å². The lowest BCUT2D eigenvalue weighted by molar-refractivity contribution is -0.132. The number of anilines is 1. The van der Waals surface area contributed by atoms with Gasteiger partial charge in [-0.2, -0.15) is 0 Å². The van der Waals surface area contributed by atoms with Gasteiger partial charge in [-0.25, -0.2) is 0 Å². The Morgan fingerprint density at radius 3 is 2.21 bits per heavy atom. The third-order valence-corrected chi connectivity index (χ3v) is 4.94. The van der Waals surface area contributed by atoms with Crippen LogP contribution in [-0.4, -0.2) is 23.9 Å². The van der Waals surface area contributed by atoms with Crippen molar-refractivity contribution in [2.24, 2.45) is 0 Å². The molecule has 4 rings (SSSR count). The van der Waals surface area contributed by atoms with Crippen LogP contribution < -0.4 is 9.64 Å². The minimum atomic E-state index is -0.771. The van der Waals surface area contributed by atoms with E-state index in [4.69, 9.17) is 4.74 Å². The molecule has 1 aliphatic rings. The van der Waals surface area contributed by atoms with Gasteiger partial charge in [0.05, 0.1) is 18.7 Å². The molecule has 144 valence electrons. The molecular formula is C24H19NO4. The van der Waals surface area contributed by atoms with E-state index in [1.165, 1.54) is 4.90 Å². The number of carbonyl (C=O) groups is 2. The number of amides is 1. The Morgan fingerprint density at radius 2 is 1.55 bits per heavy atom. The van der Waals surface area contributed by atoms with Gasteiger partial charge in [-0.15, -0.1) is 0 Å². The van der Waals surface area contributed by atoms with Gasteiger partial charge in [0, 0.05) is 11.3 Å². The molecule has 5 heteroatoms. The van der Waals surface area contributed by atoms with Gasteiger partial charge >= 0.3 is 0 Å². The first kappa shape index (κ1) is 18.5. The van der Waals surface area contributed by atoms with Crippen LogP contribution in [0.5, 0.6) is 5.75 Å². The van der Waals surface area contributed by atoms with E-state index in [1.807, 2.05) is 18.2 Å². The highest BCUT2D eigenvalue weighted by atomic mass is 16.5. The number of hydrogen-bond donors (Lipinski definition) is 1. The number of ketones is 1. The highest BCUT2D eigenvalue weighted by Gasteiger charge is 2.47. The van der Waals surface area contributed by atoms with E-state index in [2.05, 4.69) is 0 Å². The van der Waals surface area contributed by atoms with E-state index in [1.54, 1.807) is 73.8 Å². The fourth-order valence-electron chi connectivity index (χ4n) is 3.57. The van der Waals surface area contributed by atoms with E-state index in [9.17, 15) is 14.7 Å². The van der Waals surface area contributed by atoms with Crippen LogP contribution in [0.2, 0.25) is 0 Å². The van der Waals surface area contributed by atoms with Crippen LogP contribution in [0, 0.1) is 0 Å². The van der Waals surface area contributed by atoms with Crippen molar-refractivity contribution >= 4 is 23.1 Å². The van der Waals surface area contributed by atoms with Crippen LogP contribution in [-0.2, 0) is 9.59 Å². The topological polar surface area (TPSA) is 66.8 Å².